The van der Waals surface area contributed by atoms with Gasteiger partial charge >= 0.3 is 12.2 Å². The third-order valence-electron chi connectivity index (χ3n) is 3.39. The minimum absolute atomic E-state index is 0.0911. The van der Waals surface area contributed by atoms with Crippen molar-refractivity contribution >= 4 is 11.9 Å². The van der Waals surface area contributed by atoms with Crippen LogP contribution >= 0.6 is 0 Å². The van der Waals surface area contributed by atoms with Gasteiger partial charge in [-0.15, -0.1) is 0 Å². The molecular formula is C15H18F3N3O3. The summed E-state index contributed by atoms with van der Waals surface area (Å²) in [5.41, 5.74) is 0.977. The number of carbonyl (C=O) groups excluding carboxylic acids is 2. The molecule has 0 radical (unpaired) electrons. The van der Waals surface area contributed by atoms with Gasteiger partial charge < -0.3 is 10.1 Å². The predicted molar refractivity (Wildman–Crippen MR) is 79.2 cm³/mol. The smallest absolute Gasteiger partial charge is 0.371 e. The van der Waals surface area contributed by atoms with E-state index >= 15 is 0 Å². The summed E-state index contributed by atoms with van der Waals surface area (Å²) in [4.78, 5) is 24.8. The van der Waals surface area contributed by atoms with E-state index in [9.17, 15) is 22.8 Å². The monoisotopic (exact) mass is 345 g/mol. The molecule has 1 atom stereocenters. The standard InChI is InChI=1S/C15H18F3N3O3/c16-15(17,18)10-19-14(23)20-13(22)9-21-6-7-24-12(8-21)11-4-2-1-3-5-11/h1-5,12H,6-10H2,(H2,19,20,22,23). The number of hydrogen-bond acceptors (Lipinski definition) is 4. The number of carbonyl (C=O) groups is 2. The number of alkyl halides is 3. The summed E-state index contributed by atoms with van der Waals surface area (Å²) in [6, 6.07) is 8.32. The van der Waals surface area contributed by atoms with E-state index in [4.69, 9.17) is 4.74 Å². The lowest BCUT2D eigenvalue weighted by Crippen LogP contribution is -2.48. The quantitative estimate of drug-likeness (QED) is 0.867. The molecule has 0 saturated carbocycles. The molecule has 1 aromatic rings. The topological polar surface area (TPSA) is 70.7 Å². The maximum atomic E-state index is 12.0. The zero-order valence-electron chi connectivity index (χ0n) is 12.8. The van der Waals surface area contributed by atoms with E-state index in [1.165, 1.54) is 0 Å². The molecule has 0 aromatic heterocycles. The zero-order valence-corrected chi connectivity index (χ0v) is 12.8. The molecular weight excluding hydrogens is 327 g/mol. The molecule has 1 fully saturated rings. The first kappa shape index (κ1) is 18.2. The largest absolute Gasteiger partial charge is 0.405 e. The van der Waals surface area contributed by atoms with Gasteiger partial charge in [0.05, 0.1) is 19.3 Å². The van der Waals surface area contributed by atoms with Gasteiger partial charge in [-0.05, 0) is 5.56 Å². The van der Waals surface area contributed by atoms with Gasteiger partial charge in [0.2, 0.25) is 5.91 Å². The molecule has 1 aliphatic rings. The van der Waals surface area contributed by atoms with E-state index in [0.29, 0.717) is 19.7 Å². The van der Waals surface area contributed by atoms with Gasteiger partial charge in [-0.2, -0.15) is 13.2 Å². The normalized spacial score (nSPS) is 18.9. The Morgan fingerprint density at radius 2 is 1.96 bits per heavy atom. The van der Waals surface area contributed by atoms with Crippen LogP contribution in [0.1, 0.15) is 11.7 Å². The summed E-state index contributed by atoms with van der Waals surface area (Å²) in [6.45, 7) is -0.193. The number of ether oxygens (including phenoxy) is 1. The number of benzene rings is 1. The molecule has 1 aromatic carbocycles. The highest BCUT2D eigenvalue weighted by Gasteiger charge is 2.28. The second kappa shape index (κ2) is 8.11. The molecule has 2 rings (SSSR count). The van der Waals surface area contributed by atoms with E-state index < -0.39 is 24.7 Å². The molecule has 1 aliphatic heterocycles. The van der Waals surface area contributed by atoms with Crippen LogP contribution in [0.4, 0.5) is 18.0 Å². The van der Waals surface area contributed by atoms with E-state index in [0.717, 1.165) is 5.56 Å². The highest BCUT2D eigenvalue weighted by molar-refractivity contribution is 5.95. The summed E-state index contributed by atoms with van der Waals surface area (Å²) in [6.07, 6.45) is -4.71. The Morgan fingerprint density at radius 3 is 2.62 bits per heavy atom. The third kappa shape index (κ3) is 6.17. The fraction of sp³-hybridized carbons (Fsp3) is 0.467. The van der Waals surface area contributed by atoms with Crippen molar-refractivity contribution in [3.63, 3.8) is 0 Å². The van der Waals surface area contributed by atoms with E-state index in [1.54, 1.807) is 10.2 Å². The van der Waals surface area contributed by atoms with Crippen LogP contribution in [0.25, 0.3) is 0 Å². The van der Waals surface area contributed by atoms with Crippen molar-refractivity contribution in [1.82, 2.24) is 15.5 Å². The number of nitrogens with zero attached hydrogens (tertiary/aromatic N) is 1. The van der Waals surface area contributed by atoms with Crippen LogP contribution in [0.2, 0.25) is 0 Å². The first-order chi connectivity index (χ1) is 11.3. The second-order valence-electron chi connectivity index (χ2n) is 5.35. The lowest BCUT2D eigenvalue weighted by atomic mass is 10.1. The molecule has 0 aliphatic carbocycles. The number of amides is 3. The van der Waals surface area contributed by atoms with Gasteiger partial charge in [0.1, 0.15) is 6.54 Å². The van der Waals surface area contributed by atoms with Crippen molar-refractivity contribution in [2.24, 2.45) is 0 Å². The Balaban J connectivity index is 1.78. The second-order valence-corrected chi connectivity index (χ2v) is 5.35. The summed E-state index contributed by atoms with van der Waals surface area (Å²) in [7, 11) is 0. The fourth-order valence-corrected chi connectivity index (χ4v) is 2.31. The Bertz CT molecular complexity index is 566. The van der Waals surface area contributed by atoms with E-state index in [1.807, 2.05) is 35.6 Å². The highest BCUT2D eigenvalue weighted by Crippen LogP contribution is 2.21. The first-order valence-electron chi connectivity index (χ1n) is 7.37. The number of morpholine rings is 1. The molecule has 1 saturated heterocycles. The highest BCUT2D eigenvalue weighted by atomic mass is 19.4. The number of urea groups is 1. The zero-order chi connectivity index (χ0) is 17.6. The molecule has 3 amide bonds. The average molecular weight is 345 g/mol. The summed E-state index contributed by atoms with van der Waals surface area (Å²) in [5.74, 6) is -0.664. The average Bonchev–Trinajstić information content (AvgIpc) is 2.53. The molecule has 132 valence electrons. The Kier molecular flexibility index (Phi) is 6.16. The van der Waals surface area contributed by atoms with Crippen molar-refractivity contribution in [1.29, 1.82) is 0 Å². The minimum atomic E-state index is -4.52. The number of nitrogens with one attached hydrogen (secondary N) is 2. The van der Waals surface area contributed by atoms with Crippen LogP contribution in [0.15, 0.2) is 30.3 Å². The van der Waals surface area contributed by atoms with Crippen molar-refractivity contribution in [3.8, 4) is 0 Å². The number of rotatable bonds is 4. The molecule has 1 unspecified atom stereocenters. The van der Waals surface area contributed by atoms with Gasteiger partial charge in [-0.1, -0.05) is 30.3 Å². The van der Waals surface area contributed by atoms with E-state index in [2.05, 4.69) is 0 Å². The van der Waals surface area contributed by atoms with Crippen LogP contribution in [0.5, 0.6) is 0 Å². The third-order valence-corrected chi connectivity index (χ3v) is 3.39. The van der Waals surface area contributed by atoms with Crippen molar-refractivity contribution < 1.29 is 27.5 Å². The summed E-state index contributed by atoms with van der Waals surface area (Å²) < 4.78 is 41.6. The predicted octanol–water partition coefficient (Wildman–Crippen LogP) is 1.45. The van der Waals surface area contributed by atoms with Crippen LogP contribution in [0, 0.1) is 0 Å². The van der Waals surface area contributed by atoms with Gasteiger partial charge in [-0.3, -0.25) is 15.0 Å². The molecule has 6 nitrogen and oxygen atoms in total. The fourth-order valence-electron chi connectivity index (χ4n) is 2.31. The van der Waals surface area contributed by atoms with Crippen molar-refractivity contribution in [3.05, 3.63) is 35.9 Å². The molecule has 2 N–H and O–H groups in total. The Hall–Kier alpha value is -2.13. The molecule has 9 heteroatoms. The van der Waals surface area contributed by atoms with E-state index in [-0.39, 0.29) is 12.6 Å². The number of imide groups is 1. The van der Waals surface area contributed by atoms with Crippen LogP contribution in [-0.4, -0.2) is 55.8 Å². The van der Waals surface area contributed by atoms with Crippen LogP contribution in [-0.2, 0) is 9.53 Å². The SMILES string of the molecule is O=C(CN1CCOC(c2ccccc2)C1)NC(=O)NCC(F)(F)F. The lowest BCUT2D eigenvalue weighted by molar-refractivity contribution is -0.126. The number of hydrogen-bond donors (Lipinski definition) is 2. The Morgan fingerprint density at radius 1 is 1.25 bits per heavy atom. The first-order valence-corrected chi connectivity index (χ1v) is 7.37. The molecule has 24 heavy (non-hydrogen) atoms. The van der Waals surface area contributed by atoms with Gasteiger partial charge in [0.15, 0.2) is 0 Å². The van der Waals surface area contributed by atoms with Crippen LogP contribution < -0.4 is 10.6 Å². The van der Waals surface area contributed by atoms with Gasteiger partial charge in [-0.25, -0.2) is 4.79 Å². The van der Waals surface area contributed by atoms with Gasteiger partial charge in [0.25, 0.3) is 0 Å². The molecule has 0 bridgehead atoms. The summed E-state index contributed by atoms with van der Waals surface area (Å²) in [5, 5.41) is 3.47. The maximum Gasteiger partial charge on any atom is 0.405 e. The number of halogens is 3. The molecule has 0 spiro atoms. The minimum Gasteiger partial charge on any atom is -0.371 e. The van der Waals surface area contributed by atoms with Crippen molar-refractivity contribution in [2.45, 2.75) is 12.3 Å². The van der Waals surface area contributed by atoms with Crippen LogP contribution in [0.3, 0.4) is 0 Å². The van der Waals surface area contributed by atoms with Gasteiger partial charge in [0, 0.05) is 13.1 Å². The lowest BCUT2D eigenvalue weighted by Gasteiger charge is -2.32. The van der Waals surface area contributed by atoms with Crippen molar-refractivity contribution in [2.75, 3.05) is 32.8 Å². The summed E-state index contributed by atoms with van der Waals surface area (Å²) >= 11 is 0. The Labute approximate surface area is 137 Å². The molecule has 1 heterocycles. The maximum absolute atomic E-state index is 12.0.